The SMILES string of the molecule is C.O=C1CC(=O)N(c2cccnc2)C(=O)N1. The summed E-state index contributed by atoms with van der Waals surface area (Å²) in [5.74, 6) is -1.12. The molecule has 1 aromatic rings. The third-order valence-corrected chi connectivity index (χ3v) is 1.91. The van der Waals surface area contributed by atoms with Gasteiger partial charge in [-0.1, -0.05) is 7.43 Å². The summed E-state index contributed by atoms with van der Waals surface area (Å²) in [5.41, 5.74) is 0.354. The molecule has 1 aromatic heterocycles. The molecular formula is C10H11N3O3. The van der Waals surface area contributed by atoms with E-state index < -0.39 is 17.8 Å². The first-order valence-electron chi connectivity index (χ1n) is 4.25. The Bertz CT molecular complexity index is 410. The predicted molar refractivity (Wildman–Crippen MR) is 56.6 cm³/mol. The van der Waals surface area contributed by atoms with E-state index in [1.54, 1.807) is 12.1 Å². The van der Waals surface area contributed by atoms with Gasteiger partial charge in [0.2, 0.25) is 11.8 Å². The van der Waals surface area contributed by atoms with Crippen molar-refractivity contribution in [1.82, 2.24) is 10.3 Å². The largest absolute Gasteiger partial charge is 0.335 e. The first kappa shape index (κ1) is 11.8. The average Bonchev–Trinajstić information content (AvgIpc) is 2.17. The van der Waals surface area contributed by atoms with E-state index in [1.165, 1.54) is 12.4 Å². The summed E-state index contributed by atoms with van der Waals surface area (Å²) in [7, 11) is 0. The summed E-state index contributed by atoms with van der Waals surface area (Å²) >= 11 is 0. The van der Waals surface area contributed by atoms with Gasteiger partial charge in [-0.05, 0) is 12.1 Å². The number of nitrogens with one attached hydrogen (secondary N) is 1. The lowest BCUT2D eigenvalue weighted by atomic mass is 10.2. The third kappa shape index (κ3) is 2.05. The van der Waals surface area contributed by atoms with Crippen LogP contribution >= 0.6 is 0 Å². The molecule has 1 fully saturated rings. The smallest absolute Gasteiger partial charge is 0.277 e. The van der Waals surface area contributed by atoms with Gasteiger partial charge in [0, 0.05) is 6.20 Å². The molecular weight excluding hydrogens is 210 g/mol. The number of pyridine rings is 1. The van der Waals surface area contributed by atoms with Gasteiger partial charge in [0.15, 0.2) is 0 Å². The van der Waals surface area contributed by atoms with Crippen molar-refractivity contribution in [3.8, 4) is 0 Å². The summed E-state index contributed by atoms with van der Waals surface area (Å²) in [6.07, 6.45) is 2.59. The quantitative estimate of drug-likeness (QED) is 0.707. The lowest BCUT2D eigenvalue weighted by molar-refractivity contribution is -0.128. The van der Waals surface area contributed by atoms with Gasteiger partial charge in [0.05, 0.1) is 11.9 Å². The van der Waals surface area contributed by atoms with Crippen molar-refractivity contribution in [3.63, 3.8) is 0 Å². The van der Waals surface area contributed by atoms with E-state index in [4.69, 9.17) is 0 Å². The zero-order valence-electron chi connectivity index (χ0n) is 7.64. The maximum absolute atomic E-state index is 11.4. The minimum atomic E-state index is -0.732. The van der Waals surface area contributed by atoms with Crippen LogP contribution in [0.3, 0.4) is 0 Å². The van der Waals surface area contributed by atoms with Gasteiger partial charge in [0.1, 0.15) is 6.42 Å². The fraction of sp³-hybridized carbons (Fsp3) is 0.200. The van der Waals surface area contributed by atoms with Crippen molar-refractivity contribution in [1.29, 1.82) is 0 Å². The van der Waals surface area contributed by atoms with Crippen LogP contribution in [-0.2, 0) is 9.59 Å². The van der Waals surface area contributed by atoms with Crippen LogP contribution in [-0.4, -0.2) is 22.8 Å². The highest BCUT2D eigenvalue weighted by molar-refractivity contribution is 6.26. The van der Waals surface area contributed by atoms with Crippen LogP contribution in [0.15, 0.2) is 24.5 Å². The van der Waals surface area contributed by atoms with Crippen LogP contribution in [0.25, 0.3) is 0 Å². The minimum Gasteiger partial charge on any atom is -0.277 e. The van der Waals surface area contributed by atoms with Crippen LogP contribution in [0.1, 0.15) is 13.8 Å². The maximum atomic E-state index is 11.4. The number of nitrogens with zero attached hydrogens (tertiary/aromatic N) is 2. The van der Waals surface area contributed by atoms with Gasteiger partial charge < -0.3 is 0 Å². The number of imide groups is 2. The Labute approximate surface area is 92.3 Å². The number of amides is 4. The summed E-state index contributed by atoms with van der Waals surface area (Å²) in [6.45, 7) is 0. The van der Waals surface area contributed by atoms with Crippen molar-refractivity contribution in [2.45, 2.75) is 13.8 Å². The van der Waals surface area contributed by atoms with Crippen molar-refractivity contribution in [2.75, 3.05) is 4.90 Å². The number of carbonyl (C=O) groups is 3. The Morgan fingerprint density at radius 2 is 2.06 bits per heavy atom. The average molecular weight is 221 g/mol. The molecule has 0 aromatic carbocycles. The Morgan fingerprint density at radius 1 is 1.31 bits per heavy atom. The van der Waals surface area contributed by atoms with Gasteiger partial charge in [-0.15, -0.1) is 0 Å². The van der Waals surface area contributed by atoms with E-state index in [-0.39, 0.29) is 13.8 Å². The van der Waals surface area contributed by atoms with Crippen LogP contribution < -0.4 is 10.2 Å². The lowest BCUT2D eigenvalue weighted by Crippen LogP contribution is -2.52. The number of anilines is 1. The fourth-order valence-electron chi connectivity index (χ4n) is 1.30. The predicted octanol–water partition coefficient (Wildman–Crippen LogP) is 0.691. The van der Waals surface area contributed by atoms with E-state index in [2.05, 4.69) is 10.3 Å². The molecule has 1 N–H and O–H groups in total. The molecule has 1 aliphatic rings. The van der Waals surface area contributed by atoms with Crippen LogP contribution in [0.2, 0.25) is 0 Å². The van der Waals surface area contributed by atoms with Crippen molar-refractivity contribution in [3.05, 3.63) is 24.5 Å². The molecule has 2 heterocycles. The number of rotatable bonds is 1. The molecule has 6 nitrogen and oxygen atoms in total. The van der Waals surface area contributed by atoms with E-state index in [0.717, 1.165) is 4.90 Å². The summed E-state index contributed by atoms with van der Waals surface area (Å²) in [4.78, 5) is 38.3. The molecule has 1 saturated heterocycles. The van der Waals surface area contributed by atoms with Crippen LogP contribution in [0.5, 0.6) is 0 Å². The second kappa shape index (κ2) is 4.52. The van der Waals surface area contributed by atoms with Gasteiger partial charge >= 0.3 is 6.03 Å². The Balaban J connectivity index is 0.00000128. The first-order valence-corrected chi connectivity index (χ1v) is 4.25. The molecule has 1 aliphatic heterocycles. The first-order chi connectivity index (χ1) is 7.18. The Morgan fingerprint density at radius 3 is 2.62 bits per heavy atom. The van der Waals surface area contributed by atoms with Crippen molar-refractivity contribution < 1.29 is 14.4 Å². The molecule has 0 atom stereocenters. The van der Waals surface area contributed by atoms with Crippen molar-refractivity contribution >= 4 is 23.5 Å². The van der Waals surface area contributed by atoms with E-state index in [9.17, 15) is 14.4 Å². The number of hydrogen-bond donors (Lipinski definition) is 1. The Kier molecular flexibility index (Phi) is 3.34. The monoisotopic (exact) mass is 221 g/mol. The molecule has 0 bridgehead atoms. The lowest BCUT2D eigenvalue weighted by Gasteiger charge is -2.24. The molecule has 0 unspecified atom stereocenters. The molecule has 0 radical (unpaired) electrons. The van der Waals surface area contributed by atoms with E-state index >= 15 is 0 Å². The molecule has 2 rings (SSSR count). The molecule has 16 heavy (non-hydrogen) atoms. The minimum absolute atomic E-state index is 0. The molecule has 84 valence electrons. The zero-order chi connectivity index (χ0) is 10.8. The summed E-state index contributed by atoms with van der Waals surface area (Å²) < 4.78 is 0. The van der Waals surface area contributed by atoms with Gasteiger partial charge in [-0.25, -0.2) is 9.69 Å². The highest BCUT2D eigenvalue weighted by Crippen LogP contribution is 2.15. The third-order valence-electron chi connectivity index (χ3n) is 1.91. The van der Waals surface area contributed by atoms with Gasteiger partial charge in [0.25, 0.3) is 0 Å². The number of urea groups is 1. The molecule has 0 spiro atoms. The van der Waals surface area contributed by atoms with Crippen LogP contribution in [0, 0.1) is 0 Å². The van der Waals surface area contributed by atoms with Gasteiger partial charge in [-0.2, -0.15) is 0 Å². The number of hydrogen-bond acceptors (Lipinski definition) is 4. The fourth-order valence-corrected chi connectivity index (χ4v) is 1.30. The summed E-state index contributed by atoms with van der Waals surface area (Å²) in [6, 6.07) is 2.44. The highest BCUT2D eigenvalue weighted by Gasteiger charge is 2.31. The van der Waals surface area contributed by atoms with E-state index in [1.807, 2.05) is 0 Å². The normalized spacial score (nSPS) is 15.5. The van der Waals surface area contributed by atoms with Gasteiger partial charge in [-0.3, -0.25) is 19.9 Å². The zero-order valence-corrected chi connectivity index (χ0v) is 7.64. The molecule has 0 aliphatic carbocycles. The van der Waals surface area contributed by atoms with Crippen molar-refractivity contribution in [2.24, 2.45) is 0 Å². The molecule has 6 heteroatoms. The molecule has 0 saturated carbocycles. The summed E-state index contributed by atoms with van der Waals surface area (Å²) in [5, 5.41) is 2.06. The number of aromatic nitrogens is 1. The highest BCUT2D eigenvalue weighted by atomic mass is 16.2. The molecule has 4 amide bonds. The van der Waals surface area contributed by atoms with E-state index in [0.29, 0.717) is 5.69 Å². The standard InChI is InChI=1S/C9H7N3O3.CH4/c13-7-4-8(14)12(9(15)11-7)6-2-1-3-10-5-6;/h1-3,5H,4H2,(H,11,13,15);1H4. The number of carbonyl (C=O) groups excluding carboxylic acids is 3. The Hall–Kier alpha value is -2.24. The topological polar surface area (TPSA) is 79.4 Å². The van der Waals surface area contributed by atoms with Crippen LogP contribution in [0.4, 0.5) is 10.5 Å². The second-order valence-corrected chi connectivity index (χ2v) is 2.97. The second-order valence-electron chi connectivity index (χ2n) is 2.97. The number of barbiturate groups is 1. The maximum Gasteiger partial charge on any atom is 0.335 e.